The minimum atomic E-state index is -0.209. The summed E-state index contributed by atoms with van der Waals surface area (Å²) in [5, 5.41) is 16.6. The Labute approximate surface area is 152 Å². The molecule has 128 valence electrons. The average Bonchev–Trinajstić information content (AvgIpc) is 3.38. The second-order valence-corrected chi connectivity index (χ2v) is 7.40. The van der Waals surface area contributed by atoms with Crippen LogP contribution in [0.25, 0.3) is 0 Å². The van der Waals surface area contributed by atoms with E-state index in [2.05, 4.69) is 15.3 Å². The monoisotopic (exact) mass is 373 g/mol. The van der Waals surface area contributed by atoms with Crippen LogP contribution in [0.5, 0.6) is 0 Å². The van der Waals surface area contributed by atoms with Crippen molar-refractivity contribution in [1.29, 1.82) is 0 Å². The Hall–Kier alpha value is -2.39. The number of carbonyl (C=O) groups is 1. The zero-order valence-electron chi connectivity index (χ0n) is 13.4. The molecule has 0 bridgehead atoms. The van der Waals surface area contributed by atoms with Crippen molar-refractivity contribution in [2.45, 2.75) is 17.6 Å². The van der Waals surface area contributed by atoms with Gasteiger partial charge in [0.1, 0.15) is 18.1 Å². The number of hydrazone groups is 1. The van der Waals surface area contributed by atoms with E-state index in [4.69, 9.17) is 4.42 Å². The SMILES string of the molecule is Cn1cnnc1SCC(=O)N1N=C(c2cccs2)C[C@@H]1c1ccco1. The number of hydrogen-bond donors (Lipinski definition) is 0. The molecule has 1 amide bonds. The number of hydrogen-bond acceptors (Lipinski definition) is 7. The van der Waals surface area contributed by atoms with Crippen molar-refractivity contribution in [1.82, 2.24) is 19.8 Å². The van der Waals surface area contributed by atoms with Gasteiger partial charge in [0.25, 0.3) is 5.91 Å². The second-order valence-electron chi connectivity index (χ2n) is 5.51. The molecule has 4 heterocycles. The summed E-state index contributed by atoms with van der Waals surface area (Å²) in [5.74, 6) is 0.901. The summed E-state index contributed by atoms with van der Waals surface area (Å²) in [5.41, 5.74) is 0.911. The fraction of sp³-hybridized carbons (Fsp3) is 0.250. The van der Waals surface area contributed by atoms with Crippen LogP contribution in [0.2, 0.25) is 0 Å². The summed E-state index contributed by atoms with van der Waals surface area (Å²) in [6.07, 6.45) is 3.88. The molecule has 0 aromatic carbocycles. The van der Waals surface area contributed by atoms with Gasteiger partial charge in [-0.25, -0.2) is 5.01 Å². The van der Waals surface area contributed by atoms with Gasteiger partial charge in [-0.2, -0.15) is 5.10 Å². The molecule has 25 heavy (non-hydrogen) atoms. The van der Waals surface area contributed by atoms with Crippen LogP contribution in [0.1, 0.15) is 23.1 Å². The highest BCUT2D eigenvalue weighted by Crippen LogP contribution is 2.34. The molecule has 0 saturated heterocycles. The van der Waals surface area contributed by atoms with E-state index in [1.807, 2.05) is 36.7 Å². The predicted octanol–water partition coefficient (Wildman–Crippen LogP) is 2.94. The highest BCUT2D eigenvalue weighted by molar-refractivity contribution is 7.99. The first-order valence-corrected chi connectivity index (χ1v) is 9.52. The third kappa shape index (κ3) is 3.24. The van der Waals surface area contributed by atoms with Crippen molar-refractivity contribution in [2.24, 2.45) is 12.1 Å². The van der Waals surface area contributed by atoms with Gasteiger partial charge in [-0.05, 0) is 23.6 Å². The second kappa shape index (κ2) is 6.85. The van der Waals surface area contributed by atoms with Crippen molar-refractivity contribution >= 4 is 34.7 Å². The van der Waals surface area contributed by atoms with Crippen LogP contribution >= 0.6 is 23.1 Å². The Balaban J connectivity index is 1.55. The Bertz CT molecular complexity index is 886. The first kappa shape index (κ1) is 16.1. The van der Waals surface area contributed by atoms with Crippen LogP contribution < -0.4 is 0 Å². The summed E-state index contributed by atoms with van der Waals surface area (Å²) in [4.78, 5) is 13.9. The molecule has 0 unspecified atom stereocenters. The number of thioether (sulfide) groups is 1. The van der Waals surface area contributed by atoms with E-state index in [0.717, 1.165) is 16.3 Å². The summed E-state index contributed by atoms with van der Waals surface area (Å²) in [6.45, 7) is 0. The number of aryl methyl sites for hydroxylation is 1. The van der Waals surface area contributed by atoms with Crippen LogP contribution in [0, 0.1) is 0 Å². The van der Waals surface area contributed by atoms with Gasteiger partial charge in [0.15, 0.2) is 5.16 Å². The van der Waals surface area contributed by atoms with Gasteiger partial charge < -0.3 is 8.98 Å². The number of thiophene rings is 1. The number of rotatable bonds is 5. The molecule has 0 spiro atoms. The van der Waals surface area contributed by atoms with E-state index < -0.39 is 0 Å². The van der Waals surface area contributed by atoms with Crippen LogP contribution in [-0.2, 0) is 11.8 Å². The average molecular weight is 373 g/mol. The highest BCUT2D eigenvalue weighted by Gasteiger charge is 2.35. The molecule has 4 rings (SSSR count). The fourth-order valence-electron chi connectivity index (χ4n) is 2.63. The molecule has 3 aromatic heterocycles. The molecule has 0 aliphatic carbocycles. The zero-order valence-corrected chi connectivity index (χ0v) is 15.0. The number of carbonyl (C=O) groups excluding carboxylic acids is 1. The fourth-order valence-corrected chi connectivity index (χ4v) is 4.09. The normalized spacial score (nSPS) is 17.1. The van der Waals surface area contributed by atoms with E-state index in [-0.39, 0.29) is 17.7 Å². The topological polar surface area (TPSA) is 76.5 Å². The smallest absolute Gasteiger partial charge is 0.253 e. The molecule has 1 aliphatic heterocycles. The Kier molecular flexibility index (Phi) is 4.41. The van der Waals surface area contributed by atoms with Crippen LogP contribution in [0.3, 0.4) is 0 Å². The molecule has 7 nitrogen and oxygen atoms in total. The Morgan fingerprint density at radius 1 is 1.44 bits per heavy atom. The zero-order chi connectivity index (χ0) is 17.2. The van der Waals surface area contributed by atoms with Gasteiger partial charge in [-0.1, -0.05) is 17.8 Å². The van der Waals surface area contributed by atoms with Crippen LogP contribution in [-0.4, -0.2) is 37.1 Å². The molecule has 0 saturated carbocycles. The van der Waals surface area contributed by atoms with E-state index in [1.165, 1.54) is 16.8 Å². The summed E-state index contributed by atoms with van der Waals surface area (Å²) in [6, 6.07) is 7.51. The number of furan rings is 1. The maximum Gasteiger partial charge on any atom is 0.253 e. The molecule has 0 radical (unpaired) electrons. The number of nitrogens with zero attached hydrogens (tertiary/aromatic N) is 5. The molecule has 0 fully saturated rings. The van der Waals surface area contributed by atoms with Crippen molar-refractivity contribution in [3.05, 3.63) is 52.9 Å². The minimum absolute atomic E-state index is 0.0824. The van der Waals surface area contributed by atoms with Crippen molar-refractivity contribution in [3.63, 3.8) is 0 Å². The molecule has 0 N–H and O–H groups in total. The lowest BCUT2D eigenvalue weighted by atomic mass is 10.1. The molecular weight excluding hydrogens is 358 g/mol. The van der Waals surface area contributed by atoms with E-state index >= 15 is 0 Å². The first-order chi connectivity index (χ1) is 12.2. The lowest BCUT2D eigenvalue weighted by Gasteiger charge is -2.19. The standard InChI is InChI=1S/C16H15N5O2S2/c1-20-10-17-18-16(20)25-9-15(22)21-12(13-4-2-6-23-13)8-11(19-21)14-5-3-7-24-14/h2-7,10,12H,8-9H2,1H3/t12-/m1/s1. The quantitative estimate of drug-likeness (QED) is 0.643. The lowest BCUT2D eigenvalue weighted by molar-refractivity contribution is -0.130. The highest BCUT2D eigenvalue weighted by atomic mass is 32.2. The van der Waals surface area contributed by atoms with Crippen LogP contribution in [0.4, 0.5) is 0 Å². The lowest BCUT2D eigenvalue weighted by Crippen LogP contribution is -2.28. The van der Waals surface area contributed by atoms with Crippen molar-refractivity contribution < 1.29 is 9.21 Å². The molecule has 1 aliphatic rings. The Morgan fingerprint density at radius 3 is 3.04 bits per heavy atom. The molecule has 1 atom stereocenters. The minimum Gasteiger partial charge on any atom is -0.467 e. The molecule has 9 heteroatoms. The largest absolute Gasteiger partial charge is 0.467 e. The van der Waals surface area contributed by atoms with Gasteiger partial charge in [-0.15, -0.1) is 21.5 Å². The van der Waals surface area contributed by atoms with Gasteiger partial charge in [-0.3, -0.25) is 4.79 Å². The van der Waals surface area contributed by atoms with Crippen molar-refractivity contribution in [3.8, 4) is 0 Å². The van der Waals surface area contributed by atoms with E-state index in [0.29, 0.717) is 11.6 Å². The van der Waals surface area contributed by atoms with Gasteiger partial charge in [0.05, 0.1) is 22.6 Å². The van der Waals surface area contributed by atoms with Gasteiger partial charge >= 0.3 is 0 Å². The summed E-state index contributed by atoms with van der Waals surface area (Å²) >= 11 is 2.97. The van der Waals surface area contributed by atoms with Crippen LogP contribution in [0.15, 0.2) is 56.9 Å². The molecular formula is C16H15N5O2S2. The summed E-state index contributed by atoms with van der Waals surface area (Å²) in [7, 11) is 1.85. The Morgan fingerprint density at radius 2 is 2.36 bits per heavy atom. The van der Waals surface area contributed by atoms with E-state index in [9.17, 15) is 4.79 Å². The third-order valence-electron chi connectivity index (χ3n) is 3.84. The van der Waals surface area contributed by atoms with E-state index in [1.54, 1.807) is 28.5 Å². The predicted molar refractivity (Wildman–Crippen MR) is 95.5 cm³/mol. The van der Waals surface area contributed by atoms with Gasteiger partial charge in [0.2, 0.25) is 0 Å². The summed E-state index contributed by atoms with van der Waals surface area (Å²) < 4.78 is 7.32. The molecule has 3 aromatic rings. The van der Waals surface area contributed by atoms with Gasteiger partial charge in [0, 0.05) is 13.5 Å². The maximum absolute atomic E-state index is 12.8. The maximum atomic E-state index is 12.8. The number of aromatic nitrogens is 3. The van der Waals surface area contributed by atoms with Crippen molar-refractivity contribution in [2.75, 3.05) is 5.75 Å². The third-order valence-corrected chi connectivity index (χ3v) is 5.78. The first-order valence-electron chi connectivity index (χ1n) is 7.66. The number of amides is 1.